The van der Waals surface area contributed by atoms with Crippen LogP contribution in [0.2, 0.25) is 0 Å². The summed E-state index contributed by atoms with van der Waals surface area (Å²) in [6.07, 6.45) is 6.33. The zero-order valence-corrected chi connectivity index (χ0v) is 18.0. The molecule has 0 aliphatic carbocycles. The number of amides is 1. The van der Waals surface area contributed by atoms with Gasteiger partial charge in [0, 0.05) is 18.4 Å². The molecule has 0 unspecified atom stereocenters. The number of halogens is 1. The first-order chi connectivity index (χ1) is 16.1. The molecule has 1 aliphatic rings. The smallest absolute Gasteiger partial charge is 0.275 e. The van der Waals surface area contributed by atoms with Crippen molar-refractivity contribution < 1.29 is 13.6 Å². The molecule has 4 aromatic rings. The second kappa shape index (κ2) is 8.97. The lowest BCUT2D eigenvalue weighted by Gasteiger charge is -2.33. The fourth-order valence-electron chi connectivity index (χ4n) is 4.31. The average molecular weight is 446 g/mol. The molecule has 2 aromatic heterocycles. The van der Waals surface area contributed by atoms with Gasteiger partial charge in [0.1, 0.15) is 24.2 Å². The summed E-state index contributed by atoms with van der Waals surface area (Å²) in [7, 11) is 0. The monoisotopic (exact) mass is 446 g/mol. The van der Waals surface area contributed by atoms with Gasteiger partial charge in [-0.25, -0.2) is 14.1 Å². The first kappa shape index (κ1) is 21.1. The number of piperidine rings is 1. The fraction of sp³-hybridized carbons (Fsp3) is 0.280. The lowest BCUT2D eigenvalue weighted by atomic mass is 10.0. The van der Waals surface area contributed by atoms with Gasteiger partial charge in [0.05, 0.1) is 17.8 Å². The van der Waals surface area contributed by atoms with Gasteiger partial charge < -0.3 is 9.32 Å². The van der Waals surface area contributed by atoms with Crippen molar-refractivity contribution in [1.29, 1.82) is 0 Å². The van der Waals surface area contributed by atoms with E-state index >= 15 is 0 Å². The van der Waals surface area contributed by atoms with Crippen molar-refractivity contribution in [2.75, 3.05) is 6.54 Å². The van der Waals surface area contributed by atoms with Crippen LogP contribution in [0.1, 0.15) is 42.5 Å². The Balaban J connectivity index is 1.34. The van der Waals surface area contributed by atoms with E-state index in [9.17, 15) is 14.0 Å². The van der Waals surface area contributed by atoms with E-state index in [-0.39, 0.29) is 29.9 Å². The van der Waals surface area contributed by atoms with Gasteiger partial charge in [-0.15, -0.1) is 0 Å². The van der Waals surface area contributed by atoms with Crippen LogP contribution in [-0.2, 0) is 17.8 Å². The van der Waals surface area contributed by atoms with E-state index in [2.05, 4.69) is 10.1 Å². The predicted octanol–water partition coefficient (Wildman–Crippen LogP) is 3.87. The number of carbonyl (C=O) groups is 1. The van der Waals surface area contributed by atoms with Gasteiger partial charge in [0.25, 0.3) is 5.56 Å². The van der Waals surface area contributed by atoms with E-state index in [0.29, 0.717) is 30.0 Å². The van der Waals surface area contributed by atoms with Crippen LogP contribution < -0.4 is 5.56 Å². The highest BCUT2D eigenvalue weighted by Crippen LogP contribution is 2.31. The molecule has 168 valence electrons. The molecule has 3 heterocycles. The van der Waals surface area contributed by atoms with Crippen LogP contribution in [0.15, 0.2) is 70.1 Å². The van der Waals surface area contributed by atoms with E-state index in [1.54, 1.807) is 41.6 Å². The lowest BCUT2D eigenvalue weighted by Crippen LogP contribution is -2.42. The number of oxazole rings is 1. The molecular weight excluding hydrogens is 423 g/mol. The van der Waals surface area contributed by atoms with Crippen LogP contribution in [-0.4, -0.2) is 32.1 Å². The van der Waals surface area contributed by atoms with Crippen molar-refractivity contribution in [2.45, 2.75) is 38.3 Å². The Morgan fingerprint density at radius 3 is 2.76 bits per heavy atom. The van der Waals surface area contributed by atoms with Gasteiger partial charge in [-0.1, -0.05) is 30.3 Å². The van der Waals surface area contributed by atoms with Gasteiger partial charge in [-0.05, 0) is 43.0 Å². The third kappa shape index (κ3) is 4.41. The highest BCUT2D eigenvalue weighted by Gasteiger charge is 2.31. The number of fused-ring (bicyclic) bond motifs is 1. The molecule has 2 aromatic carbocycles. The topological polar surface area (TPSA) is 81.2 Å². The molecule has 8 heteroatoms. The number of likely N-dealkylation sites (tertiary alicyclic amines) is 1. The zero-order valence-electron chi connectivity index (χ0n) is 18.0. The quantitative estimate of drug-likeness (QED) is 0.465. The Kier molecular flexibility index (Phi) is 5.73. The molecular formula is C25H23FN4O3. The summed E-state index contributed by atoms with van der Waals surface area (Å²) >= 11 is 0. The fourth-order valence-corrected chi connectivity index (χ4v) is 4.31. The molecule has 7 nitrogen and oxygen atoms in total. The Bertz CT molecular complexity index is 1350. The van der Waals surface area contributed by atoms with Crippen LogP contribution in [0.5, 0.6) is 0 Å². The summed E-state index contributed by atoms with van der Waals surface area (Å²) in [5.74, 6) is 0.664. The lowest BCUT2D eigenvalue weighted by molar-refractivity contribution is -0.136. The van der Waals surface area contributed by atoms with E-state index in [1.165, 1.54) is 16.8 Å². The molecule has 0 bridgehead atoms. The van der Waals surface area contributed by atoms with Gasteiger partial charge in [-0.2, -0.15) is 5.10 Å². The second-order valence-corrected chi connectivity index (χ2v) is 8.26. The van der Waals surface area contributed by atoms with Crippen LogP contribution in [0.4, 0.5) is 4.39 Å². The maximum Gasteiger partial charge on any atom is 0.275 e. The van der Waals surface area contributed by atoms with E-state index < -0.39 is 0 Å². The summed E-state index contributed by atoms with van der Waals surface area (Å²) in [5.41, 5.74) is 0.630. The number of aromatic nitrogens is 3. The third-order valence-electron chi connectivity index (χ3n) is 6.02. The molecule has 1 aliphatic heterocycles. The van der Waals surface area contributed by atoms with Crippen LogP contribution in [0.25, 0.3) is 10.8 Å². The van der Waals surface area contributed by atoms with Crippen LogP contribution in [0, 0.1) is 5.82 Å². The zero-order chi connectivity index (χ0) is 22.8. The number of hydrogen-bond donors (Lipinski definition) is 0. The van der Waals surface area contributed by atoms with Gasteiger partial charge in [-0.3, -0.25) is 9.59 Å². The molecule has 5 rings (SSSR count). The van der Waals surface area contributed by atoms with E-state index in [4.69, 9.17) is 4.42 Å². The number of carbonyl (C=O) groups excluding carboxylic acids is 1. The average Bonchev–Trinajstić information content (AvgIpc) is 3.31. The molecule has 0 saturated carbocycles. The standard InChI is InChI=1S/C25H23FN4O3/c26-19-10-8-17(9-11-19)13-20-15-27-24(33-20)22-7-3-4-12-29(22)23(31)16-30-25(32)21-6-2-1-5-18(21)14-28-30/h1-2,5-6,8-11,14-15,22H,3-4,7,12-13,16H2/t22-/m0/s1. The minimum atomic E-state index is -0.288. The Morgan fingerprint density at radius 2 is 1.91 bits per heavy atom. The second-order valence-electron chi connectivity index (χ2n) is 8.26. The van der Waals surface area contributed by atoms with Gasteiger partial charge in [0.15, 0.2) is 0 Å². The summed E-state index contributed by atoms with van der Waals surface area (Å²) in [4.78, 5) is 32.1. The van der Waals surface area contributed by atoms with Gasteiger partial charge >= 0.3 is 0 Å². The Hall–Kier alpha value is -3.81. The van der Waals surface area contributed by atoms with E-state index in [0.717, 1.165) is 30.2 Å². The summed E-state index contributed by atoms with van der Waals surface area (Å²) in [5, 5.41) is 5.47. The largest absolute Gasteiger partial charge is 0.443 e. The van der Waals surface area contributed by atoms with Crippen molar-refractivity contribution in [3.63, 3.8) is 0 Å². The number of hydrogen-bond acceptors (Lipinski definition) is 5. The van der Waals surface area contributed by atoms with Crippen molar-refractivity contribution in [3.05, 3.63) is 94.3 Å². The van der Waals surface area contributed by atoms with Crippen LogP contribution in [0.3, 0.4) is 0 Å². The van der Waals surface area contributed by atoms with Crippen molar-refractivity contribution in [3.8, 4) is 0 Å². The minimum absolute atomic E-state index is 0.136. The third-order valence-corrected chi connectivity index (χ3v) is 6.02. The number of rotatable bonds is 5. The molecule has 1 fully saturated rings. The van der Waals surface area contributed by atoms with Crippen molar-refractivity contribution >= 4 is 16.7 Å². The maximum atomic E-state index is 13.2. The number of benzene rings is 2. The highest BCUT2D eigenvalue weighted by atomic mass is 19.1. The SMILES string of the molecule is O=C(Cn1ncc2ccccc2c1=O)N1CCCC[C@H]1c1ncc(Cc2ccc(F)cc2)o1. The molecule has 0 N–H and O–H groups in total. The summed E-state index contributed by atoms with van der Waals surface area (Å²) in [6.45, 7) is 0.435. The molecule has 33 heavy (non-hydrogen) atoms. The van der Waals surface area contributed by atoms with Crippen LogP contribution >= 0.6 is 0 Å². The first-order valence-corrected chi connectivity index (χ1v) is 11.0. The van der Waals surface area contributed by atoms with E-state index in [1.807, 2.05) is 12.1 Å². The van der Waals surface area contributed by atoms with Crippen molar-refractivity contribution in [2.24, 2.45) is 0 Å². The van der Waals surface area contributed by atoms with Crippen molar-refractivity contribution in [1.82, 2.24) is 19.7 Å². The first-order valence-electron chi connectivity index (χ1n) is 11.0. The molecule has 0 spiro atoms. The molecule has 0 radical (unpaired) electrons. The minimum Gasteiger partial charge on any atom is -0.443 e. The summed E-state index contributed by atoms with van der Waals surface area (Å²) < 4.78 is 20.4. The Morgan fingerprint density at radius 1 is 1.09 bits per heavy atom. The predicted molar refractivity (Wildman–Crippen MR) is 120 cm³/mol. The normalized spacial score (nSPS) is 16.3. The van der Waals surface area contributed by atoms with Gasteiger partial charge in [0.2, 0.25) is 11.8 Å². The molecule has 1 saturated heterocycles. The molecule has 1 amide bonds. The molecule has 1 atom stereocenters. The summed E-state index contributed by atoms with van der Waals surface area (Å²) in [6, 6.07) is 13.2. The Labute approximate surface area is 189 Å². The highest BCUT2D eigenvalue weighted by molar-refractivity contribution is 5.81. The number of nitrogens with zero attached hydrogens (tertiary/aromatic N) is 4. The maximum absolute atomic E-state index is 13.2.